The van der Waals surface area contributed by atoms with Crippen molar-refractivity contribution in [3.05, 3.63) is 63.3 Å². The lowest BCUT2D eigenvalue weighted by molar-refractivity contribution is -0.116. The minimum atomic E-state index is -0.538. The second-order valence-corrected chi connectivity index (χ2v) is 7.78. The van der Waals surface area contributed by atoms with Gasteiger partial charge < -0.3 is 24.1 Å². The van der Waals surface area contributed by atoms with Gasteiger partial charge in [0.15, 0.2) is 11.5 Å². The Hall–Kier alpha value is -4.12. The Labute approximate surface area is 184 Å². The molecule has 0 bridgehead atoms. The highest BCUT2D eigenvalue weighted by Crippen LogP contribution is 2.35. The molecule has 0 saturated carbocycles. The van der Waals surface area contributed by atoms with Gasteiger partial charge in [-0.3, -0.25) is 9.59 Å². The highest BCUT2D eigenvalue weighted by molar-refractivity contribution is 7.12. The van der Waals surface area contributed by atoms with Crippen molar-refractivity contribution in [2.75, 3.05) is 19.2 Å². The number of methoxy groups -OCH3 is 1. The molecule has 1 aromatic carbocycles. The van der Waals surface area contributed by atoms with Gasteiger partial charge in [-0.15, -0.1) is 11.3 Å². The maximum atomic E-state index is 12.9. The van der Waals surface area contributed by atoms with Crippen LogP contribution in [0.15, 0.2) is 52.9 Å². The monoisotopic (exact) mass is 452 g/mol. The molecule has 0 radical (unpaired) electrons. The molecular formula is C21H16N4O6S. The van der Waals surface area contributed by atoms with Crippen molar-refractivity contribution in [2.45, 2.75) is 6.54 Å². The summed E-state index contributed by atoms with van der Waals surface area (Å²) >= 11 is 1.16. The number of nitrogens with zero attached hydrogens (tertiary/aromatic N) is 3. The van der Waals surface area contributed by atoms with E-state index >= 15 is 0 Å². The third-order valence-corrected chi connectivity index (χ3v) is 5.79. The van der Waals surface area contributed by atoms with Crippen LogP contribution in [0.3, 0.4) is 0 Å². The van der Waals surface area contributed by atoms with Crippen LogP contribution in [0.5, 0.6) is 11.5 Å². The van der Waals surface area contributed by atoms with Gasteiger partial charge in [0.2, 0.25) is 12.7 Å². The molecule has 0 atom stereocenters. The highest BCUT2D eigenvalue weighted by atomic mass is 32.1. The van der Waals surface area contributed by atoms with Crippen LogP contribution in [0.25, 0.3) is 16.8 Å². The molecule has 5 rings (SSSR count). The fourth-order valence-corrected chi connectivity index (χ4v) is 4.12. The summed E-state index contributed by atoms with van der Waals surface area (Å²) in [5.41, 5.74) is 1.65. The smallest absolute Gasteiger partial charge is 0.350 e. The Morgan fingerprint density at radius 2 is 2.03 bits per heavy atom. The zero-order chi connectivity index (χ0) is 22.2. The minimum absolute atomic E-state index is 0.170. The van der Waals surface area contributed by atoms with Crippen LogP contribution in [0.1, 0.15) is 9.67 Å². The van der Waals surface area contributed by atoms with E-state index in [2.05, 4.69) is 10.4 Å². The average Bonchev–Trinajstić information content (AvgIpc) is 3.54. The maximum Gasteiger partial charge on any atom is 0.350 e. The van der Waals surface area contributed by atoms with Gasteiger partial charge in [-0.1, -0.05) is 0 Å². The molecule has 4 heterocycles. The number of fused-ring (bicyclic) bond motifs is 2. The summed E-state index contributed by atoms with van der Waals surface area (Å²) < 4.78 is 18.2. The van der Waals surface area contributed by atoms with E-state index in [1.165, 1.54) is 22.4 Å². The first kappa shape index (κ1) is 19.8. The van der Waals surface area contributed by atoms with Crippen LogP contribution in [0.2, 0.25) is 0 Å². The predicted octanol–water partition coefficient (Wildman–Crippen LogP) is 2.38. The van der Waals surface area contributed by atoms with E-state index < -0.39 is 11.9 Å². The van der Waals surface area contributed by atoms with Gasteiger partial charge in [-0.2, -0.15) is 5.10 Å². The number of ether oxygens (including phenoxy) is 3. The molecule has 3 aromatic heterocycles. The van der Waals surface area contributed by atoms with Crippen LogP contribution in [0.4, 0.5) is 5.69 Å². The molecule has 0 aliphatic carbocycles. The molecule has 1 N–H and O–H groups in total. The van der Waals surface area contributed by atoms with E-state index in [-0.39, 0.29) is 23.8 Å². The summed E-state index contributed by atoms with van der Waals surface area (Å²) in [4.78, 5) is 37.5. The second kappa shape index (κ2) is 7.85. The molecule has 162 valence electrons. The second-order valence-electron chi connectivity index (χ2n) is 6.86. The van der Waals surface area contributed by atoms with E-state index in [1.807, 2.05) is 6.07 Å². The molecule has 0 fully saturated rings. The lowest BCUT2D eigenvalue weighted by atomic mass is 10.1. The molecule has 0 spiro atoms. The Morgan fingerprint density at radius 1 is 1.19 bits per heavy atom. The zero-order valence-electron chi connectivity index (χ0n) is 16.7. The number of rotatable bonds is 5. The standard InChI is InChI=1S/C21H16N4O6S/c1-29-21(28)19-13(4-7-32-19)22-18(26)10-24-5-6-25-15(20(24)27)9-14(23-25)12-2-3-16-17(8-12)31-11-30-16/h2-9H,10-11H2,1H3,(H,22,26). The fourth-order valence-electron chi connectivity index (χ4n) is 3.35. The summed E-state index contributed by atoms with van der Waals surface area (Å²) in [5.74, 6) is 0.292. The SMILES string of the molecule is COC(=O)c1sccc1NC(=O)Cn1ccn2nc(-c3ccc4c(c3)OCO4)cc2c1=O. The number of carbonyl (C=O) groups excluding carboxylic acids is 2. The summed E-state index contributed by atoms with van der Waals surface area (Å²) in [6.45, 7) is -0.0560. The Kier molecular flexibility index (Phi) is 4.86. The Balaban J connectivity index is 1.39. The number of esters is 1. The van der Waals surface area contributed by atoms with Gasteiger partial charge in [0.25, 0.3) is 5.56 Å². The topological polar surface area (TPSA) is 113 Å². The van der Waals surface area contributed by atoms with Crippen molar-refractivity contribution in [3.63, 3.8) is 0 Å². The number of aromatic nitrogens is 3. The minimum Gasteiger partial charge on any atom is -0.465 e. The quantitative estimate of drug-likeness (QED) is 0.463. The number of thiophene rings is 1. The van der Waals surface area contributed by atoms with E-state index in [1.54, 1.807) is 35.8 Å². The Morgan fingerprint density at radius 3 is 2.88 bits per heavy atom. The number of hydrogen-bond acceptors (Lipinski definition) is 8. The van der Waals surface area contributed by atoms with E-state index in [9.17, 15) is 14.4 Å². The molecule has 10 nitrogen and oxygen atoms in total. The summed E-state index contributed by atoms with van der Waals surface area (Å²) in [6, 6.07) is 8.69. The Bertz CT molecular complexity index is 1420. The van der Waals surface area contributed by atoms with Crippen molar-refractivity contribution in [1.82, 2.24) is 14.2 Å². The lowest BCUT2D eigenvalue weighted by Crippen LogP contribution is -2.28. The van der Waals surface area contributed by atoms with Crippen LogP contribution >= 0.6 is 11.3 Å². The molecule has 0 unspecified atom stereocenters. The third-order valence-electron chi connectivity index (χ3n) is 4.90. The largest absolute Gasteiger partial charge is 0.465 e. The van der Waals surface area contributed by atoms with E-state index in [4.69, 9.17) is 14.2 Å². The van der Waals surface area contributed by atoms with Crippen molar-refractivity contribution in [2.24, 2.45) is 0 Å². The van der Waals surface area contributed by atoms with Crippen molar-refractivity contribution >= 4 is 34.4 Å². The average molecular weight is 452 g/mol. The summed E-state index contributed by atoms with van der Waals surface area (Å²) in [7, 11) is 1.27. The highest BCUT2D eigenvalue weighted by Gasteiger charge is 2.18. The molecule has 1 amide bonds. The predicted molar refractivity (Wildman–Crippen MR) is 115 cm³/mol. The van der Waals surface area contributed by atoms with Gasteiger partial charge in [-0.05, 0) is 35.7 Å². The van der Waals surface area contributed by atoms with Gasteiger partial charge in [-0.25, -0.2) is 9.31 Å². The summed E-state index contributed by atoms with van der Waals surface area (Å²) in [5, 5.41) is 8.77. The van der Waals surface area contributed by atoms with Crippen LogP contribution in [-0.4, -0.2) is 40.0 Å². The lowest BCUT2D eigenvalue weighted by Gasteiger charge is -2.08. The maximum absolute atomic E-state index is 12.9. The summed E-state index contributed by atoms with van der Waals surface area (Å²) in [6.07, 6.45) is 3.09. The van der Waals surface area contributed by atoms with Crippen LogP contribution < -0.4 is 20.3 Å². The molecular weight excluding hydrogens is 436 g/mol. The molecule has 0 saturated heterocycles. The number of amides is 1. The fraction of sp³-hybridized carbons (Fsp3) is 0.143. The first-order chi connectivity index (χ1) is 15.5. The van der Waals surface area contributed by atoms with Gasteiger partial charge in [0.1, 0.15) is 16.9 Å². The van der Waals surface area contributed by atoms with Crippen molar-refractivity contribution in [3.8, 4) is 22.8 Å². The van der Waals surface area contributed by atoms with Crippen LogP contribution in [0, 0.1) is 0 Å². The van der Waals surface area contributed by atoms with Crippen molar-refractivity contribution in [1.29, 1.82) is 0 Å². The molecule has 1 aliphatic rings. The number of anilines is 1. The van der Waals surface area contributed by atoms with Gasteiger partial charge in [0, 0.05) is 18.0 Å². The number of hydrogen-bond donors (Lipinski definition) is 1. The third kappa shape index (κ3) is 3.48. The molecule has 4 aromatic rings. The first-order valence-electron chi connectivity index (χ1n) is 9.48. The number of benzene rings is 1. The molecule has 32 heavy (non-hydrogen) atoms. The zero-order valence-corrected chi connectivity index (χ0v) is 17.5. The molecule has 11 heteroatoms. The normalized spacial score (nSPS) is 12.2. The first-order valence-corrected chi connectivity index (χ1v) is 10.4. The van der Waals surface area contributed by atoms with Crippen molar-refractivity contribution < 1.29 is 23.8 Å². The van der Waals surface area contributed by atoms with Gasteiger partial charge in [0.05, 0.1) is 18.5 Å². The van der Waals surface area contributed by atoms with E-state index in [0.29, 0.717) is 28.4 Å². The number of nitrogens with one attached hydrogen (secondary N) is 1. The van der Waals surface area contributed by atoms with E-state index in [0.717, 1.165) is 16.9 Å². The number of carbonyl (C=O) groups is 2. The molecule has 1 aliphatic heterocycles. The van der Waals surface area contributed by atoms with Gasteiger partial charge >= 0.3 is 5.97 Å². The van der Waals surface area contributed by atoms with Crippen LogP contribution in [-0.2, 0) is 16.1 Å².